The number of rotatable bonds is 11. The highest BCUT2D eigenvalue weighted by Gasteiger charge is 2.05. The summed E-state index contributed by atoms with van der Waals surface area (Å²) in [5.41, 5.74) is 2.60. The molecular formula is C22H31NO2. The minimum Gasteiger partial charge on any atom is -0.496 e. The van der Waals surface area contributed by atoms with E-state index in [1.54, 1.807) is 7.11 Å². The average molecular weight is 341 g/mol. The van der Waals surface area contributed by atoms with Gasteiger partial charge in [0.25, 0.3) is 0 Å². The Morgan fingerprint density at radius 2 is 1.32 bits per heavy atom. The second-order valence-corrected chi connectivity index (χ2v) is 6.63. The van der Waals surface area contributed by atoms with E-state index in [-0.39, 0.29) is 0 Å². The fourth-order valence-corrected chi connectivity index (χ4v) is 2.95. The Balaban J connectivity index is 1.78. The Bertz CT molecular complexity index is 625. The van der Waals surface area contributed by atoms with Crippen molar-refractivity contribution in [1.82, 2.24) is 4.90 Å². The first kappa shape index (κ1) is 19.3. The predicted molar refractivity (Wildman–Crippen MR) is 105 cm³/mol. The Kier molecular flexibility index (Phi) is 8.33. The van der Waals surface area contributed by atoms with Crippen molar-refractivity contribution in [1.29, 1.82) is 0 Å². The number of para-hydroxylation sites is 2. The molecule has 0 atom stereocenters. The lowest BCUT2D eigenvalue weighted by atomic mass is 10.0. The van der Waals surface area contributed by atoms with Gasteiger partial charge in [-0.25, -0.2) is 0 Å². The molecule has 0 fully saturated rings. The third kappa shape index (κ3) is 6.79. The van der Waals surface area contributed by atoms with E-state index in [9.17, 15) is 0 Å². The Morgan fingerprint density at radius 3 is 1.92 bits per heavy atom. The molecule has 0 saturated heterocycles. The minimum atomic E-state index is 0.774. The summed E-state index contributed by atoms with van der Waals surface area (Å²) in [5, 5.41) is 0. The Hall–Kier alpha value is -2.00. The van der Waals surface area contributed by atoms with Crippen LogP contribution in [0.4, 0.5) is 0 Å². The quantitative estimate of drug-likeness (QED) is 0.558. The second kappa shape index (κ2) is 10.8. The van der Waals surface area contributed by atoms with Crippen molar-refractivity contribution < 1.29 is 9.47 Å². The molecule has 2 aromatic rings. The fourth-order valence-electron chi connectivity index (χ4n) is 2.95. The molecule has 2 rings (SSSR count). The van der Waals surface area contributed by atoms with Crippen LogP contribution in [0, 0.1) is 0 Å². The van der Waals surface area contributed by atoms with E-state index < -0.39 is 0 Å². The number of benzene rings is 2. The molecule has 0 heterocycles. The van der Waals surface area contributed by atoms with Crippen LogP contribution in [0.2, 0.25) is 0 Å². The van der Waals surface area contributed by atoms with Gasteiger partial charge in [-0.1, -0.05) is 36.4 Å². The summed E-state index contributed by atoms with van der Waals surface area (Å²) in [7, 11) is 5.92. The molecule has 136 valence electrons. The number of nitrogens with zero attached hydrogens (tertiary/aromatic N) is 1. The summed E-state index contributed by atoms with van der Waals surface area (Å²) in [6.07, 6.45) is 5.45. The smallest absolute Gasteiger partial charge is 0.122 e. The van der Waals surface area contributed by atoms with Gasteiger partial charge in [0.2, 0.25) is 0 Å². The van der Waals surface area contributed by atoms with Gasteiger partial charge < -0.3 is 14.4 Å². The molecule has 0 amide bonds. The molecule has 0 N–H and O–H groups in total. The summed E-state index contributed by atoms with van der Waals surface area (Å²) in [6, 6.07) is 16.7. The molecule has 2 aromatic carbocycles. The van der Waals surface area contributed by atoms with E-state index in [1.165, 1.54) is 11.1 Å². The van der Waals surface area contributed by atoms with Crippen molar-refractivity contribution in [3.8, 4) is 11.5 Å². The van der Waals surface area contributed by atoms with Crippen LogP contribution in [0.25, 0.3) is 0 Å². The number of hydrogen-bond donors (Lipinski definition) is 0. The lowest BCUT2D eigenvalue weighted by Gasteiger charge is -2.13. The molecule has 0 aliphatic heterocycles. The van der Waals surface area contributed by atoms with E-state index >= 15 is 0 Å². The largest absolute Gasteiger partial charge is 0.496 e. The highest BCUT2D eigenvalue weighted by molar-refractivity contribution is 5.34. The van der Waals surface area contributed by atoms with Gasteiger partial charge in [0.15, 0.2) is 0 Å². The maximum absolute atomic E-state index is 5.99. The molecule has 0 unspecified atom stereocenters. The molecule has 0 aliphatic rings. The van der Waals surface area contributed by atoms with Gasteiger partial charge in [0, 0.05) is 6.54 Å². The SMILES string of the molecule is COc1ccccc1CCCCc1ccccc1OCCCN(C)C. The molecule has 3 nitrogen and oxygen atoms in total. The fraction of sp³-hybridized carbons (Fsp3) is 0.455. The second-order valence-electron chi connectivity index (χ2n) is 6.63. The van der Waals surface area contributed by atoms with Crippen LogP contribution in [0.5, 0.6) is 11.5 Å². The summed E-state index contributed by atoms with van der Waals surface area (Å²) in [4.78, 5) is 2.19. The van der Waals surface area contributed by atoms with Crippen molar-refractivity contribution in [2.24, 2.45) is 0 Å². The Labute approximate surface area is 152 Å². The van der Waals surface area contributed by atoms with Gasteiger partial charge in [-0.15, -0.1) is 0 Å². The van der Waals surface area contributed by atoms with Crippen LogP contribution in [0.3, 0.4) is 0 Å². The predicted octanol–water partition coefficient (Wildman–Crippen LogP) is 4.59. The highest BCUT2D eigenvalue weighted by atomic mass is 16.5. The van der Waals surface area contributed by atoms with Crippen LogP contribution in [0.1, 0.15) is 30.4 Å². The van der Waals surface area contributed by atoms with Crippen molar-refractivity contribution in [3.05, 3.63) is 59.7 Å². The van der Waals surface area contributed by atoms with E-state index in [0.717, 1.165) is 56.8 Å². The zero-order valence-corrected chi connectivity index (χ0v) is 15.8. The first-order chi connectivity index (χ1) is 12.2. The molecule has 0 aromatic heterocycles. The number of unbranched alkanes of at least 4 members (excludes halogenated alkanes) is 1. The van der Waals surface area contributed by atoms with Crippen LogP contribution in [-0.4, -0.2) is 39.3 Å². The lowest BCUT2D eigenvalue weighted by molar-refractivity contribution is 0.279. The lowest BCUT2D eigenvalue weighted by Crippen LogP contribution is -2.15. The maximum atomic E-state index is 5.99. The standard InChI is InChI=1S/C22H31NO2/c1-23(2)17-10-18-25-22-16-9-7-14-20(22)13-5-4-11-19-12-6-8-15-21(19)24-3/h6-9,12,14-16H,4-5,10-11,13,17-18H2,1-3H3. The zero-order valence-electron chi connectivity index (χ0n) is 15.8. The third-order valence-corrected chi connectivity index (χ3v) is 4.31. The number of methoxy groups -OCH3 is 1. The van der Waals surface area contributed by atoms with E-state index in [1.807, 2.05) is 12.1 Å². The summed E-state index contributed by atoms with van der Waals surface area (Å²) in [6.45, 7) is 1.83. The van der Waals surface area contributed by atoms with Crippen molar-refractivity contribution in [2.45, 2.75) is 32.1 Å². The van der Waals surface area contributed by atoms with Crippen molar-refractivity contribution >= 4 is 0 Å². The number of ether oxygens (including phenoxy) is 2. The van der Waals surface area contributed by atoms with Crippen molar-refractivity contribution in [3.63, 3.8) is 0 Å². The molecule has 0 bridgehead atoms. The van der Waals surface area contributed by atoms with Crippen LogP contribution < -0.4 is 9.47 Å². The van der Waals surface area contributed by atoms with Crippen LogP contribution in [0.15, 0.2) is 48.5 Å². The first-order valence-corrected chi connectivity index (χ1v) is 9.18. The van der Waals surface area contributed by atoms with Gasteiger partial charge in [-0.05, 0) is 69.5 Å². The van der Waals surface area contributed by atoms with Crippen molar-refractivity contribution in [2.75, 3.05) is 34.4 Å². The first-order valence-electron chi connectivity index (χ1n) is 9.18. The van der Waals surface area contributed by atoms with Gasteiger partial charge in [-0.3, -0.25) is 0 Å². The normalized spacial score (nSPS) is 10.9. The van der Waals surface area contributed by atoms with Crippen LogP contribution in [-0.2, 0) is 12.8 Å². The number of hydrogen-bond acceptors (Lipinski definition) is 3. The monoisotopic (exact) mass is 341 g/mol. The molecule has 0 saturated carbocycles. The minimum absolute atomic E-state index is 0.774. The average Bonchev–Trinajstić information content (AvgIpc) is 2.63. The molecule has 0 aliphatic carbocycles. The number of aryl methyl sites for hydroxylation is 2. The molecular weight excluding hydrogens is 310 g/mol. The van der Waals surface area contributed by atoms with Gasteiger partial charge in [0.05, 0.1) is 13.7 Å². The summed E-state index contributed by atoms with van der Waals surface area (Å²) >= 11 is 0. The van der Waals surface area contributed by atoms with E-state index in [2.05, 4.69) is 55.4 Å². The van der Waals surface area contributed by atoms with E-state index in [0.29, 0.717) is 0 Å². The third-order valence-electron chi connectivity index (χ3n) is 4.31. The summed E-state index contributed by atoms with van der Waals surface area (Å²) < 4.78 is 11.4. The maximum Gasteiger partial charge on any atom is 0.122 e. The summed E-state index contributed by atoms with van der Waals surface area (Å²) in [5.74, 6) is 2.03. The molecule has 0 radical (unpaired) electrons. The Morgan fingerprint density at radius 1 is 0.760 bits per heavy atom. The van der Waals surface area contributed by atoms with Gasteiger partial charge in [-0.2, -0.15) is 0 Å². The topological polar surface area (TPSA) is 21.7 Å². The van der Waals surface area contributed by atoms with Gasteiger partial charge in [0.1, 0.15) is 11.5 Å². The molecule has 3 heteroatoms. The van der Waals surface area contributed by atoms with E-state index in [4.69, 9.17) is 9.47 Å². The molecule has 0 spiro atoms. The molecule has 25 heavy (non-hydrogen) atoms. The van der Waals surface area contributed by atoms with Crippen LogP contribution >= 0.6 is 0 Å². The zero-order chi connectivity index (χ0) is 17.9. The highest BCUT2D eigenvalue weighted by Crippen LogP contribution is 2.23. The van der Waals surface area contributed by atoms with Gasteiger partial charge >= 0.3 is 0 Å².